The van der Waals surface area contributed by atoms with Crippen LogP contribution in [0.15, 0.2) is 36.4 Å². The van der Waals surface area contributed by atoms with Crippen LogP contribution < -0.4 is 0 Å². The van der Waals surface area contributed by atoms with Gasteiger partial charge in [0.1, 0.15) is 0 Å². The second-order valence-electron chi connectivity index (χ2n) is 12.2. The van der Waals surface area contributed by atoms with E-state index in [2.05, 4.69) is 25.7 Å². The lowest BCUT2D eigenvalue weighted by atomic mass is 9.71. The number of aliphatic hydroxyl groups excluding tert-OH is 1. The first-order valence-corrected chi connectivity index (χ1v) is 13.6. The third-order valence-corrected chi connectivity index (χ3v) is 8.34. The summed E-state index contributed by atoms with van der Waals surface area (Å²) < 4.78 is 6.13. The molecule has 6 heteroatoms. The standard InChI is InChI=1S/C30H40N2O4/c1-20-14-24(16-30(2,3)15-20)36-19-23(33)18-31-12-10-21(11-13-31)17-32-28(34)25-8-4-6-22-7-5-9-26(27(22)25)29(32)35/h4-9,20-21,23-24,33H,10-19H2,1-3H3/t20-,23-,24-/m1/s1. The van der Waals surface area contributed by atoms with Gasteiger partial charge in [-0.05, 0) is 80.0 Å². The van der Waals surface area contributed by atoms with Crippen LogP contribution in [0, 0.1) is 17.3 Å². The maximum Gasteiger partial charge on any atom is 0.261 e. The zero-order valence-corrected chi connectivity index (χ0v) is 21.9. The fraction of sp³-hybridized carbons (Fsp3) is 0.600. The molecule has 2 heterocycles. The van der Waals surface area contributed by atoms with Crippen LogP contribution in [0.5, 0.6) is 0 Å². The lowest BCUT2D eigenvalue weighted by Gasteiger charge is -2.39. The van der Waals surface area contributed by atoms with E-state index in [4.69, 9.17) is 4.74 Å². The monoisotopic (exact) mass is 492 g/mol. The number of benzene rings is 2. The van der Waals surface area contributed by atoms with Gasteiger partial charge in [0.05, 0.1) is 18.8 Å². The Bertz CT molecular complexity index is 1070. The molecule has 5 rings (SSSR count). The van der Waals surface area contributed by atoms with Gasteiger partial charge in [-0.15, -0.1) is 0 Å². The quantitative estimate of drug-likeness (QED) is 0.566. The van der Waals surface area contributed by atoms with E-state index in [9.17, 15) is 14.7 Å². The average molecular weight is 493 g/mol. The van der Waals surface area contributed by atoms with Crippen molar-refractivity contribution in [3.8, 4) is 0 Å². The van der Waals surface area contributed by atoms with Crippen LogP contribution in [-0.2, 0) is 4.74 Å². The first kappa shape index (κ1) is 25.4. The predicted molar refractivity (Wildman–Crippen MR) is 141 cm³/mol. The summed E-state index contributed by atoms with van der Waals surface area (Å²) in [5, 5.41) is 12.3. The molecule has 3 atom stereocenters. The van der Waals surface area contributed by atoms with Crippen LogP contribution in [0.2, 0.25) is 0 Å². The molecular weight excluding hydrogens is 452 g/mol. The van der Waals surface area contributed by atoms with Gasteiger partial charge in [-0.1, -0.05) is 45.0 Å². The third-order valence-electron chi connectivity index (χ3n) is 8.34. The number of amides is 2. The number of hydrogen-bond acceptors (Lipinski definition) is 5. The number of piperidine rings is 1. The molecule has 0 spiro atoms. The van der Waals surface area contributed by atoms with E-state index in [1.807, 2.05) is 36.4 Å². The third kappa shape index (κ3) is 5.36. The van der Waals surface area contributed by atoms with Crippen LogP contribution in [0.4, 0.5) is 0 Å². The summed E-state index contributed by atoms with van der Waals surface area (Å²) in [5.74, 6) is 0.576. The Hall–Kier alpha value is -2.28. The lowest BCUT2D eigenvalue weighted by molar-refractivity contribution is -0.0628. The van der Waals surface area contributed by atoms with E-state index in [1.165, 1.54) is 11.3 Å². The van der Waals surface area contributed by atoms with Crippen molar-refractivity contribution in [2.45, 2.75) is 65.1 Å². The van der Waals surface area contributed by atoms with Gasteiger partial charge in [-0.2, -0.15) is 0 Å². The van der Waals surface area contributed by atoms with E-state index in [-0.39, 0.29) is 23.8 Å². The summed E-state index contributed by atoms with van der Waals surface area (Å²) in [4.78, 5) is 30.2. The van der Waals surface area contributed by atoms with E-state index in [1.54, 1.807) is 0 Å². The molecule has 2 amide bonds. The first-order valence-electron chi connectivity index (χ1n) is 13.6. The van der Waals surface area contributed by atoms with Crippen LogP contribution in [0.1, 0.15) is 73.6 Å². The molecule has 36 heavy (non-hydrogen) atoms. The number of hydrogen-bond donors (Lipinski definition) is 1. The zero-order chi connectivity index (χ0) is 25.4. The number of carbonyl (C=O) groups excluding carboxylic acids is 2. The fourth-order valence-corrected chi connectivity index (χ4v) is 6.84. The number of likely N-dealkylation sites (tertiary alicyclic amines) is 1. The van der Waals surface area contributed by atoms with Crippen molar-refractivity contribution in [2.75, 3.05) is 32.8 Å². The van der Waals surface area contributed by atoms with E-state index in [0.717, 1.165) is 49.5 Å². The Morgan fingerprint density at radius 3 is 2.28 bits per heavy atom. The Morgan fingerprint density at radius 1 is 1.03 bits per heavy atom. The summed E-state index contributed by atoms with van der Waals surface area (Å²) in [7, 11) is 0. The van der Waals surface area contributed by atoms with Crippen molar-refractivity contribution >= 4 is 22.6 Å². The van der Waals surface area contributed by atoms with Crippen molar-refractivity contribution in [3.63, 3.8) is 0 Å². The second-order valence-corrected chi connectivity index (χ2v) is 12.2. The second kappa shape index (κ2) is 10.2. The molecule has 1 saturated heterocycles. The minimum atomic E-state index is -0.496. The molecule has 2 aliphatic heterocycles. The molecule has 1 N–H and O–H groups in total. The summed E-state index contributed by atoms with van der Waals surface area (Å²) in [6, 6.07) is 11.3. The van der Waals surface area contributed by atoms with Crippen molar-refractivity contribution < 1.29 is 19.4 Å². The SMILES string of the molecule is C[C@@H]1C[C@@H](OC[C@H](O)CN2CCC(CN3C(=O)c4cccc5cccc(c45)C3=O)CC2)CC(C)(C)C1. The number of carbonyl (C=O) groups is 2. The maximum atomic E-state index is 13.2. The molecular formula is C30H40N2O4. The molecule has 0 radical (unpaired) electrons. The topological polar surface area (TPSA) is 70.1 Å². The molecule has 0 aromatic heterocycles. The van der Waals surface area contributed by atoms with E-state index in [0.29, 0.717) is 42.2 Å². The highest BCUT2D eigenvalue weighted by Gasteiger charge is 2.35. The fourth-order valence-electron chi connectivity index (χ4n) is 6.84. The molecule has 0 unspecified atom stereocenters. The lowest BCUT2D eigenvalue weighted by Crippen LogP contribution is -2.46. The molecule has 1 saturated carbocycles. The van der Waals surface area contributed by atoms with E-state index < -0.39 is 6.10 Å². The Balaban J connectivity index is 1.11. The number of rotatable bonds is 7. The molecule has 0 bridgehead atoms. The highest BCUT2D eigenvalue weighted by Crippen LogP contribution is 2.39. The molecule has 2 aromatic rings. The first-order chi connectivity index (χ1) is 17.2. The van der Waals surface area contributed by atoms with Gasteiger partial charge >= 0.3 is 0 Å². The number of imide groups is 1. The van der Waals surface area contributed by atoms with Crippen molar-refractivity contribution in [1.82, 2.24) is 9.80 Å². The average Bonchev–Trinajstić information content (AvgIpc) is 2.83. The highest BCUT2D eigenvalue weighted by molar-refractivity contribution is 6.25. The van der Waals surface area contributed by atoms with Crippen LogP contribution in [-0.4, -0.2) is 71.7 Å². The van der Waals surface area contributed by atoms with Crippen molar-refractivity contribution in [1.29, 1.82) is 0 Å². The van der Waals surface area contributed by atoms with Gasteiger partial charge in [-0.25, -0.2) is 0 Å². The normalized spacial score (nSPS) is 25.9. The van der Waals surface area contributed by atoms with Gasteiger partial charge in [0.25, 0.3) is 11.8 Å². The van der Waals surface area contributed by atoms with Crippen molar-refractivity contribution in [3.05, 3.63) is 47.5 Å². The number of β-amino-alcohol motifs (C(OH)–C–C–N with tert-alkyl or cyclic N) is 1. The van der Waals surface area contributed by atoms with Gasteiger partial charge in [0.2, 0.25) is 0 Å². The number of nitrogens with zero attached hydrogens (tertiary/aromatic N) is 2. The Kier molecular flexibility index (Phi) is 7.21. The minimum absolute atomic E-state index is 0.181. The largest absolute Gasteiger partial charge is 0.389 e. The van der Waals surface area contributed by atoms with E-state index >= 15 is 0 Å². The van der Waals surface area contributed by atoms with Gasteiger partial charge < -0.3 is 14.7 Å². The molecule has 1 aliphatic carbocycles. The maximum absolute atomic E-state index is 13.2. The summed E-state index contributed by atoms with van der Waals surface area (Å²) in [6.07, 6.45) is 4.93. The van der Waals surface area contributed by atoms with Crippen LogP contribution in [0.25, 0.3) is 10.8 Å². The van der Waals surface area contributed by atoms with Crippen LogP contribution in [0.3, 0.4) is 0 Å². The van der Waals surface area contributed by atoms with Crippen LogP contribution >= 0.6 is 0 Å². The van der Waals surface area contributed by atoms with Crippen molar-refractivity contribution in [2.24, 2.45) is 17.3 Å². The predicted octanol–water partition coefficient (Wildman–Crippen LogP) is 4.74. The smallest absolute Gasteiger partial charge is 0.261 e. The molecule has 2 aromatic carbocycles. The van der Waals surface area contributed by atoms with Gasteiger partial charge in [0.15, 0.2) is 0 Å². The highest BCUT2D eigenvalue weighted by atomic mass is 16.5. The number of ether oxygens (including phenoxy) is 1. The molecule has 2 fully saturated rings. The molecule has 3 aliphatic rings. The molecule has 194 valence electrons. The molecule has 6 nitrogen and oxygen atoms in total. The summed E-state index contributed by atoms with van der Waals surface area (Å²) in [6.45, 7) is 10.1. The zero-order valence-electron chi connectivity index (χ0n) is 21.9. The summed E-state index contributed by atoms with van der Waals surface area (Å²) >= 11 is 0. The summed E-state index contributed by atoms with van der Waals surface area (Å²) in [5.41, 5.74) is 1.55. The van der Waals surface area contributed by atoms with Gasteiger partial charge in [-0.3, -0.25) is 14.5 Å². The minimum Gasteiger partial charge on any atom is -0.389 e. The Labute approximate surface area is 214 Å². The van der Waals surface area contributed by atoms with Gasteiger partial charge in [0, 0.05) is 29.6 Å². The Morgan fingerprint density at radius 2 is 1.67 bits per heavy atom. The number of aliphatic hydroxyl groups is 1.